The van der Waals surface area contributed by atoms with Crippen molar-refractivity contribution in [3.63, 3.8) is 0 Å². The van der Waals surface area contributed by atoms with Gasteiger partial charge in [-0.1, -0.05) is 85.6 Å². The van der Waals surface area contributed by atoms with E-state index in [1.807, 2.05) is 89.2 Å². The number of aliphatic hydroxyl groups is 1. The number of para-hydroxylation sites is 1. The molecule has 3 unspecified atom stereocenters. The summed E-state index contributed by atoms with van der Waals surface area (Å²) in [6.07, 6.45) is 11.5. The summed E-state index contributed by atoms with van der Waals surface area (Å²) >= 11 is 1.36. The lowest BCUT2D eigenvalue weighted by atomic mass is 10.0. The average molecular weight is 996 g/mol. The number of rotatable bonds is 20. The van der Waals surface area contributed by atoms with Crippen LogP contribution in [0.2, 0.25) is 0 Å². The predicted molar refractivity (Wildman–Crippen MR) is 297 cm³/mol. The first-order valence-corrected chi connectivity index (χ1v) is 25.1. The van der Waals surface area contributed by atoms with Gasteiger partial charge in [0, 0.05) is 48.3 Å². The number of nitrogens with two attached hydrogens (primary N) is 3. The molecule has 16 heteroatoms. The van der Waals surface area contributed by atoms with Crippen molar-refractivity contribution in [2.45, 2.75) is 106 Å². The van der Waals surface area contributed by atoms with E-state index in [2.05, 4.69) is 54.6 Å². The number of benzene rings is 3. The normalized spacial score (nSPS) is 13.3. The fourth-order valence-electron chi connectivity index (χ4n) is 6.07. The lowest BCUT2D eigenvalue weighted by molar-refractivity contribution is -0.138. The van der Waals surface area contributed by atoms with E-state index in [0.717, 1.165) is 48.7 Å². The van der Waals surface area contributed by atoms with Crippen LogP contribution in [0.15, 0.2) is 135 Å². The summed E-state index contributed by atoms with van der Waals surface area (Å²) < 4.78 is 11.4. The van der Waals surface area contributed by atoms with Gasteiger partial charge in [0.25, 0.3) is 0 Å². The number of piperidine rings is 1. The minimum atomic E-state index is -1.05. The Kier molecular flexibility index (Phi) is 34.4. The molecule has 0 radical (unpaired) electrons. The van der Waals surface area contributed by atoms with Gasteiger partial charge in [0.15, 0.2) is 0 Å². The molecule has 2 heterocycles. The molecular formula is C55H81N9O6S. The van der Waals surface area contributed by atoms with Crippen LogP contribution in [0.5, 0.6) is 17.2 Å². The molecule has 0 saturated carbocycles. The molecule has 1 amide bonds. The fraction of sp³-hybridized carbons (Fsp3) is 0.382. The van der Waals surface area contributed by atoms with Gasteiger partial charge in [0.2, 0.25) is 5.91 Å². The number of likely N-dealkylation sites (tertiary alicyclic amines) is 1. The molecule has 1 aliphatic rings. The number of carboxylic acids is 1. The zero-order valence-corrected chi connectivity index (χ0v) is 44.0. The Balaban J connectivity index is 0.00000129. The third-order valence-electron chi connectivity index (χ3n) is 9.61. The number of hydrogen-bond donors (Lipinski definition) is 8. The average Bonchev–Trinajstić information content (AvgIpc) is 3.37. The van der Waals surface area contributed by atoms with Gasteiger partial charge in [0.1, 0.15) is 47.0 Å². The largest absolute Gasteiger partial charge is 0.480 e. The number of carbonyl (C=O) groups is 2. The van der Waals surface area contributed by atoms with Gasteiger partial charge in [0.05, 0.1) is 17.4 Å². The van der Waals surface area contributed by atoms with E-state index in [1.54, 1.807) is 54.3 Å². The van der Waals surface area contributed by atoms with Gasteiger partial charge in [-0.15, -0.1) is 0 Å². The maximum atomic E-state index is 12.8. The number of nitrogen functional groups attached to an aromatic ring is 1. The maximum Gasteiger partial charge on any atom is 0.321 e. The van der Waals surface area contributed by atoms with Crippen molar-refractivity contribution < 1.29 is 29.3 Å². The van der Waals surface area contributed by atoms with E-state index in [1.165, 1.54) is 24.3 Å². The molecule has 0 aliphatic carbocycles. The summed E-state index contributed by atoms with van der Waals surface area (Å²) in [5, 5.41) is 37.4. The maximum absolute atomic E-state index is 12.8. The highest BCUT2D eigenvalue weighted by Gasteiger charge is 2.26. The number of nitrogens with zero attached hydrogens (tertiary/aromatic N) is 3. The van der Waals surface area contributed by atoms with Crippen LogP contribution in [-0.2, 0) is 9.59 Å². The monoisotopic (exact) mass is 996 g/mol. The van der Waals surface area contributed by atoms with E-state index in [-0.39, 0.29) is 35.3 Å². The van der Waals surface area contributed by atoms with Gasteiger partial charge in [-0.25, -0.2) is 9.97 Å². The molecule has 1 saturated heterocycles. The SMILES string of the molecule is C=C/C=C(\C=C)Oc1ccc(C(C)=N)cc1.C=CN.CC.CC.CC(C)CCC(C)O.N=C(c1ccc(Oc2ccccc2)cc1)c1c(N)ncnc1NC1CCCN(C(=O)CCSCC(N)C(=O)O)C1. The minimum Gasteiger partial charge on any atom is -0.480 e. The number of aliphatic carboxylic acids is 1. The standard InChI is InChI=1S/C28H33N7O4S.C14H15NO.C7H16O.C2H5N.2C2H6/c29-22(28(37)38)16-40-14-12-23(36)35-13-4-5-19(15-35)34-27-24(26(31)32-17-33-27)25(30)18-8-10-21(11-9-18)39-20-6-2-1-3-7-20;1-4-6-13(5-2)16-14-9-7-12(8-10-14)11(3)15;1-6(2)4-5-7(3)8;1-2-3;2*1-2/h1-3,6-11,17,19,22,30H,4-5,12-16,29H2,(H,37,38)(H3,31,32,33,34);4-10,15H,1-2H2,3H3;6-8H,4-5H2,1-3H3;2H,1,3H2;2*1-2H3/b;13-6+,15-11?;;;;. The van der Waals surface area contributed by atoms with Crippen molar-refractivity contribution >= 4 is 46.7 Å². The Morgan fingerprint density at radius 2 is 1.49 bits per heavy atom. The first-order valence-electron chi connectivity index (χ1n) is 24.0. The molecule has 4 aromatic rings. The van der Waals surface area contributed by atoms with E-state index in [4.69, 9.17) is 42.0 Å². The first-order chi connectivity index (χ1) is 34.0. The van der Waals surface area contributed by atoms with Crippen molar-refractivity contribution in [2.24, 2.45) is 17.4 Å². The zero-order valence-electron chi connectivity index (χ0n) is 43.2. The van der Waals surface area contributed by atoms with Crippen LogP contribution >= 0.6 is 11.8 Å². The molecule has 1 fully saturated rings. The number of aromatic nitrogens is 2. The Bertz CT molecular complexity index is 2190. The molecule has 3 aromatic carbocycles. The van der Waals surface area contributed by atoms with Gasteiger partial charge in [-0.2, -0.15) is 11.8 Å². The third-order valence-corrected chi connectivity index (χ3v) is 10.7. The summed E-state index contributed by atoms with van der Waals surface area (Å²) in [5.74, 6) is 3.83. The van der Waals surface area contributed by atoms with Crippen LogP contribution in [0.4, 0.5) is 11.6 Å². The van der Waals surface area contributed by atoms with E-state index in [0.29, 0.717) is 59.4 Å². The van der Waals surface area contributed by atoms with E-state index < -0.39 is 12.0 Å². The van der Waals surface area contributed by atoms with E-state index in [9.17, 15) is 9.59 Å². The molecule has 5 rings (SSSR count). The number of thioether (sulfide) groups is 1. The minimum absolute atomic E-state index is 0.0101. The quantitative estimate of drug-likeness (QED) is 0.0178. The number of ether oxygens (including phenoxy) is 2. The highest BCUT2D eigenvalue weighted by molar-refractivity contribution is 7.99. The summed E-state index contributed by atoms with van der Waals surface area (Å²) in [4.78, 5) is 33.9. The second-order valence-corrected chi connectivity index (χ2v) is 16.9. The van der Waals surface area contributed by atoms with Gasteiger partial charge in [-0.3, -0.25) is 15.0 Å². The van der Waals surface area contributed by atoms with E-state index >= 15 is 0 Å². The number of nitrogens with one attached hydrogen (secondary N) is 3. The van der Waals surface area contributed by atoms with Crippen molar-refractivity contribution in [3.05, 3.63) is 152 Å². The smallest absolute Gasteiger partial charge is 0.321 e. The van der Waals surface area contributed by atoms with Crippen molar-refractivity contribution in [2.75, 3.05) is 35.6 Å². The summed E-state index contributed by atoms with van der Waals surface area (Å²) in [6.45, 7) is 27.4. The number of allylic oxidation sites excluding steroid dienone is 3. The Morgan fingerprint density at radius 1 is 0.915 bits per heavy atom. The van der Waals surface area contributed by atoms with Crippen LogP contribution in [0.3, 0.4) is 0 Å². The molecule has 3 atom stereocenters. The first kappa shape index (κ1) is 64.2. The summed E-state index contributed by atoms with van der Waals surface area (Å²) in [6, 6.07) is 23.0. The Morgan fingerprint density at radius 3 is 2.01 bits per heavy atom. The van der Waals surface area contributed by atoms with Gasteiger partial charge < -0.3 is 52.5 Å². The highest BCUT2D eigenvalue weighted by Crippen LogP contribution is 2.27. The number of carboxylic acid groups (broad SMARTS) is 1. The molecule has 0 spiro atoms. The Labute approximate surface area is 427 Å². The van der Waals surface area contributed by atoms with Crippen LogP contribution in [0.25, 0.3) is 0 Å². The number of aliphatic hydroxyl groups excluding tert-OH is 1. The number of hydrogen-bond acceptors (Lipinski definition) is 14. The highest BCUT2D eigenvalue weighted by atomic mass is 32.2. The summed E-state index contributed by atoms with van der Waals surface area (Å²) in [5.41, 5.74) is 19.0. The second kappa shape index (κ2) is 38.1. The van der Waals surface area contributed by atoms with Crippen molar-refractivity contribution in [3.8, 4) is 17.2 Å². The molecule has 0 bridgehead atoms. The molecular weight excluding hydrogens is 915 g/mol. The zero-order chi connectivity index (χ0) is 53.7. The molecule has 11 N–H and O–H groups in total. The summed E-state index contributed by atoms with van der Waals surface area (Å²) in [7, 11) is 0. The Hall–Kier alpha value is -6.75. The predicted octanol–water partition coefficient (Wildman–Crippen LogP) is 10.9. The van der Waals surface area contributed by atoms with Crippen LogP contribution in [0, 0.1) is 16.7 Å². The fourth-order valence-corrected chi connectivity index (χ4v) is 6.95. The van der Waals surface area contributed by atoms with Crippen molar-refractivity contribution in [1.82, 2.24) is 14.9 Å². The van der Waals surface area contributed by atoms with Crippen LogP contribution < -0.4 is 32.0 Å². The molecule has 1 aromatic heterocycles. The topological polar surface area (TPSA) is 260 Å². The molecule has 1 aliphatic heterocycles. The van der Waals surface area contributed by atoms with Crippen molar-refractivity contribution in [1.29, 1.82) is 10.8 Å². The van der Waals surface area contributed by atoms with Crippen LogP contribution in [-0.4, -0.2) is 91.2 Å². The number of anilines is 2. The van der Waals surface area contributed by atoms with Crippen LogP contribution in [0.1, 0.15) is 104 Å². The number of carbonyl (C=O) groups excluding carboxylic acids is 1. The molecule has 71 heavy (non-hydrogen) atoms. The third kappa shape index (κ3) is 26.7. The van der Waals surface area contributed by atoms with Gasteiger partial charge in [-0.05, 0) is 130 Å². The molecule has 15 nitrogen and oxygen atoms in total. The lowest BCUT2D eigenvalue weighted by Gasteiger charge is -2.34. The second-order valence-electron chi connectivity index (χ2n) is 15.7. The number of amides is 1. The lowest BCUT2D eigenvalue weighted by Crippen LogP contribution is -2.45. The molecule has 388 valence electrons. The van der Waals surface area contributed by atoms with Gasteiger partial charge >= 0.3 is 5.97 Å².